The fourth-order valence-electron chi connectivity index (χ4n) is 2.24. The summed E-state index contributed by atoms with van der Waals surface area (Å²) in [5.74, 6) is -1.28. The predicted molar refractivity (Wildman–Crippen MR) is 85.6 cm³/mol. The molecule has 1 N–H and O–H groups in total. The Morgan fingerprint density at radius 1 is 1.30 bits per heavy atom. The maximum atomic E-state index is 12.3. The van der Waals surface area contributed by atoms with E-state index in [-0.39, 0.29) is 30.1 Å². The van der Waals surface area contributed by atoms with Gasteiger partial charge in [-0.15, -0.1) is 0 Å². The van der Waals surface area contributed by atoms with Crippen molar-refractivity contribution in [1.29, 1.82) is 0 Å². The first kappa shape index (κ1) is 18.6. The van der Waals surface area contributed by atoms with Gasteiger partial charge in [0, 0.05) is 37.2 Å². The highest BCUT2D eigenvalue weighted by Gasteiger charge is 2.26. The fraction of sp³-hybridized carbons (Fsp3) is 0.500. The predicted octanol–water partition coefficient (Wildman–Crippen LogP) is 2.83. The second-order valence-corrected chi connectivity index (χ2v) is 6.46. The van der Waals surface area contributed by atoms with Gasteiger partial charge in [-0.3, -0.25) is 19.7 Å². The number of hydrogen-bond acceptors (Lipinski definition) is 4. The van der Waals surface area contributed by atoms with E-state index in [1.165, 1.54) is 11.0 Å². The zero-order chi connectivity index (χ0) is 17.8. The smallest absolute Gasteiger partial charge is 0.303 e. The Bertz CT molecular complexity index is 619. The summed E-state index contributed by atoms with van der Waals surface area (Å²) in [6.07, 6.45) is 0.306. The Morgan fingerprint density at radius 2 is 1.91 bits per heavy atom. The van der Waals surface area contributed by atoms with E-state index < -0.39 is 16.3 Å². The third-order valence-corrected chi connectivity index (χ3v) is 3.48. The molecule has 1 amide bonds. The van der Waals surface area contributed by atoms with Crippen molar-refractivity contribution in [3.63, 3.8) is 0 Å². The number of hydrogen-bond donors (Lipinski definition) is 1. The largest absolute Gasteiger partial charge is 0.481 e. The molecule has 0 bridgehead atoms. The van der Waals surface area contributed by atoms with Gasteiger partial charge in [-0.2, -0.15) is 0 Å². The normalized spacial score (nSPS) is 11.1. The third-order valence-electron chi connectivity index (χ3n) is 3.48. The van der Waals surface area contributed by atoms with Crippen molar-refractivity contribution in [2.75, 3.05) is 13.6 Å². The minimum absolute atomic E-state index is 0.0271. The molecule has 0 spiro atoms. The van der Waals surface area contributed by atoms with Crippen LogP contribution in [0.2, 0.25) is 0 Å². The Morgan fingerprint density at radius 3 is 2.39 bits per heavy atom. The summed E-state index contributed by atoms with van der Waals surface area (Å²) in [4.78, 5) is 35.0. The van der Waals surface area contributed by atoms with Crippen LogP contribution in [0, 0.1) is 10.1 Å². The molecular formula is C16H22N2O5. The van der Waals surface area contributed by atoms with Crippen LogP contribution in [0.3, 0.4) is 0 Å². The maximum absolute atomic E-state index is 12.3. The van der Waals surface area contributed by atoms with Crippen molar-refractivity contribution in [1.82, 2.24) is 4.90 Å². The van der Waals surface area contributed by atoms with E-state index in [1.807, 2.05) is 20.8 Å². The van der Waals surface area contributed by atoms with Gasteiger partial charge in [-0.25, -0.2) is 0 Å². The zero-order valence-electron chi connectivity index (χ0n) is 13.8. The van der Waals surface area contributed by atoms with Gasteiger partial charge in [-0.1, -0.05) is 26.8 Å². The average molecular weight is 322 g/mol. The van der Waals surface area contributed by atoms with Gasteiger partial charge < -0.3 is 10.0 Å². The van der Waals surface area contributed by atoms with E-state index in [4.69, 9.17) is 5.11 Å². The van der Waals surface area contributed by atoms with Crippen LogP contribution in [-0.4, -0.2) is 40.4 Å². The van der Waals surface area contributed by atoms with Crippen LogP contribution in [0.1, 0.15) is 49.5 Å². The Labute approximate surface area is 135 Å². The molecule has 0 saturated heterocycles. The molecule has 0 radical (unpaired) electrons. The Kier molecular flexibility index (Phi) is 5.84. The molecule has 0 heterocycles. The number of nitrogens with zero attached hydrogens (tertiary/aromatic N) is 2. The molecule has 0 aromatic heterocycles. The first-order valence-electron chi connectivity index (χ1n) is 7.30. The van der Waals surface area contributed by atoms with Gasteiger partial charge in [0.25, 0.3) is 11.6 Å². The van der Waals surface area contributed by atoms with E-state index >= 15 is 0 Å². The van der Waals surface area contributed by atoms with Gasteiger partial charge in [-0.05, 0) is 17.9 Å². The van der Waals surface area contributed by atoms with Crippen molar-refractivity contribution in [2.24, 2.45) is 0 Å². The van der Waals surface area contributed by atoms with E-state index in [0.29, 0.717) is 12.0 Å². The summed E-state index contributed by atoms with van der Waals surface area (Å²) in [7, 11) is 1.55. The molecule has 7 nitrogen and oxygen atoms in total. The topological polar surface area (TPSA) is 101 Å². The molecule has 7 heteroatoms. The standard InChI is InChI=1S/C16H22N2O5/c1-16(2,3)12-8-7-11(10-13(12)18(22)23)15(21)17(4)9-5-6-14(19)20/h7-8,10H,5-6,9H2,1-4H3,(H,19,20). The molecule has 0 atom stereocenters. The Hall–Kier alpha value is -2.44. The second-order valence-electron chi connectivity index (χ2n) is 6.46. The van der Waals surface area contributed by atoms with Crippen LogP contribution in [0.5, 0.6) is 0 Å². The molecule has 126 valence electrons. The number of rotatable bonds is 6. The van der Waals surface area contributed by atoms with Gasteiger partial charge >= 0.3 is 5.97 Å². The number of carboxylic acid groups (broad SMARTS) is 1. The van der Waals surface area contributed by atoms with Crippen LogP contribution < -0.4 is 0 Å². The lowest BCUT2D eigenvalue weighted by Gasteiger charge is -2.20. The molecule has 0 aliphatic heterocycles. The number of amides is 1. The van der Waals surface area contributed by atoms with Crippen LogP contribution in [0.15, 0.2) is 18.2 Å². The van der Waals surface area contributed by atoms with Gasteiger partial charge in [0.15, 0.2) is 0 Å². The lowest BCUT2D eigenvalue weighted by molar-refractivity contribution is -0.386. The van der Waals surface area contributed by atoms with Crippen LogP contribution in [0.4, 0.5) is 5.69 Å². The van der Waals surface area contributed by atoms with Crippen LogP contribution in [0.25, 0.3) is 0 Å². The van der Waals surface area contributed by atoms with E-state index in [1.54, 1.807) is 19.2 Å². The number of carboxylic acids is 1. The summed E-state index contributed by atoms with van der Waals surface area (Å²) in [6, 6.07) is 4.47. The first-order chi connectivity index (χ1) is 10.5. The Balaban J connectivity index is 3.00. The number of nitro benzene ring substituents is 1. The molecule has 0 aliphatic carbocycles. The van der Waals surface area contributed by atoms with Crippen molar-refractivity contribution >= 4 is 17.6 Å². The number of carbonyl (C=O) groups excluding carboxylic acids is 1. The molecule has 23 heavy (non-hydrogen) atoms. The van der Waals surface area contributed by atoms with Gasteiger partial charge in [0.1, 0.15) is 0 Å². The molecule has 1 rings (SSSR count). The van der Waals surface area contributed by atoms with E-state index in [2.05, 4.69) is 0 Å². The van der Waals surface area contributed by atoms with Crippen molar-refractivity contribution in [3.05, 3.63) is 39.4 Å². The van der Waals surface area contributed by atoms with Crippen LogP contribution in [-0.2, 0) is 10.2 Å². The molecule has 0 aliphatic rings. The minimum Gasteiger partial charge on any atom is -0.481 e. The van der Waals surface area contributed by atoms with E-state index in [9.17, 15) is 19.7 Å². The summed E-state index contributed by atoms with van der Waals surface area (Å²) in [5.41, 5.74) is 0.301. The van der Waals surface area contributed by atoms with Crippen molar-refractivity contribution in [3.8, 4) is 0 Å². The first-order valence-corrected chi connectivity index (χ1v) is 7.30. The SMILES string of the molecule is CN(CCCC(=O)O)C(=O)c1ccc(C(C)(C)C)c([N+](=O)[O-])c1. The third kappa shape index (κ3) is 5.05. The summed E-state index contributed by atoms with van der Waals surface area (Å²) < 4.78 is 0. The van der Waals surface area contributed by atoms with Gasteiger partial charge in [0.05, 0.1) is 4.92 Å². The minimum atomic E-state index is -0.920. The lowest BCUT2D eigenvalue weighted by atomic mass is 9.85. The highest BCUT2D eigenvalue weighted by atomic mass is 16.6. The average Bonchev–Trinajstić information content (AvgIpc) is 2.44. The summed E-state index contributed by atoms with van der Waals surface area (Å²) >= 11 is 0. The number of carbonyl (C=O) groups is 2. The molecular weight excluding hydrogens is 300 g/mol. The number of aliphatic carboxylic acids is 1. The molecule has 1 aromatic carbocycles. The monoisotopic (exact) mass is 322 g/mol. The van der Waals surface area contributed by atoms with Crippen LogP contribution >= 0.6 is 0 Å². The number of nitro groups is 1. The number of benzene rings is 1. The second kappa shape index (κ2) is 7.21. The quantitative estimate of drug-likeness (QED) is 0.641. The van der Waals surface area contributed by atoms with Crippen molar-refractivity contribution in [2.45, 2.75) is 39.0 Å². The molecule has 0 unspecified atom stereocenters. The highest BCUT2D eigenvalue weighted by molar-refractivity contribution is 5.95. The van der Waals surface area contributed by atoms with Crippen molar-refractivity contribution < 1.29 is 19.6 Å². The maximum Gasteiger partial charge on any atom is 0.303 e. The zero-order valence-corrected chi connectivity index (χ0v) is 13.8. The van der Waals surface area contributed by atoms with Gasteiger partial charge in [0.2, 0.25) is 0 Å². The molecule has 0 fully saturated rings. The molecule has 0 saturated carbocycles. The summed E-state index contributed by atoms with van der Waals surface area (Å²) in [6.45, 7) is 5.89. The fourth-order valence-corrected chi connectivity index (χ4v) is 2.24. The highest BCUT2D eigenvalue weighted by Crippen LogP contribution is 2.32. The lowest BCUT2D eigenvalue weighted by Crippen LogP contribution is -2.28. The van der Waals surface area contributed by atoms with E-state index in [0.717, 1.165) is 0 Å². The summed E-state index contributed by atoms with van der Waals surface area (Å²) in [5, 5.41) is 19.9. The molecule has 1 aromatic rings.